The fourth-order valence-electron chi connectivity index (χ4n) is 2.18. The molecule has 0 saturated carbocycles. The zero-order valence-electron chi connectivity index (χ0n) is 9.26. The molecule has 3 unspecified atom stereocenters. The van der Waals surface area contributed by atoms with Gasteiger partial charge in [0.05, 0.1) is 6.10 Å². The standard InChI is InChI=1S/C10H18N4O/c1-7-8(3-4-15-7)9(11)5-10-12-6-13-14(10)2/h6-9H,3-5,11H2,1-2H3. The summed E-state index contributed by atoms with van der Waals surface area (Å²) in [5.41, 5.74) is 6.17. The second-order valence-corrected chi connectivity index (χ2v) is 4.20. The molecule has 2 heterocycles. The van der Waals surface area contributed by atoms with E-state index in [1.165, 1.54) is 0 Å². The van der Waals surface area contributed by atoms with Gasteiger partial charge < -0.3 is 10.5 Å². The van der Waals surface area contributed by atoms with Crippen molar-refractivity contribution in [2.45, 2.75) is 31.9 Å². The molecule has 1 aliphatic heterocycles. The van der Waals surface area contributed by atoms with Gasteiger partial charge in [0.2, 0.25) is 0 Å². The van der Waals surface area contributed by atoms with Crippen LogP contribution >= 0.6 is 0 Å². The van der Waals surface area contributed by atoms with E-state index in [1.54, 1.807) is 11.0 Å². The summed E-state index contributed by atoms with van der Waals surface area (Å²) in [7, 11) is 1.89. The fraction of sp³-hybridized carbons (Fsp3) is 0.800. The van der Waals surface area contributed by atoms with E-state index in [-0.39, 0.29) is 12.1 Å². The molecule has 3 atom stereocenters. The Kier molecular flexibility index (Phi) is 3.02. The summed E-state index contributed by atoms with van der Waals surface area (Å²) >= 11 is 0. The van der Waals surface area contributed by atoms with Crippen molar-refractivity contribution >= 4 is 0 Å². The van der Waals surface area contributed by atoms with Crippen molar-refractivity contribution in [1.29, 1.82) is 0 Å². The van der Waals surface area contributed by atoms with Gasteiger partial charge in [-0.25, -0.2) is 4.98 Å². The predicted octanol–water partition coefficient (Wildman–Crippen LogP) is 0.110. The van der Waals surface area contributed by atoms with Gasteiger partial charge in [-0.05, 0) is 13.3 Å². The Morgan fingerprint density at radius 2 is 2.53 bits per heavy atom. The molecule has 0 aliphatic carbocycles. The molecular weight excluding hydrogens is 192 g/mol. The third-order valence-electron chi connectivity index (χ3n) is 3.21. The summed E-state index contributed by atoms with van der Waals surface area (Å²) in [6.07, 6.45) is 3.67. The number of hydrogen-bond donors (Lipinski definition) is 1. The second-order valence-electron chi connectivity index (χ2n) is 4.20. The van der Waals surface area contributed by atoms with Crippen LogP contribution in [0.15, 0.2) is 6.33 Å². The molecule has 5 heteroatoms. The maximum atomic E-state index is 6.17. The number of nitrogens with two attached hydrogens (primary N) is 1. The van der Waals surface area contributed by atoms with Crippen molar-refractivity contribution in [3.63, 3.8) is 0 Å². The van der Waals surface area contributed by atoms with Crippen LogP contribution in [0, 0.1) is 5.92 Å². The zero-order chi connectivity index (χ0) is 10.8. The molecule has 0 bridgehead atoms. The van der Waals surface area contributed by atoms with Crippen molar-refractivity contribution in [2.24, 2.45) is 18.7 Å². The third kappa shape index (κ3) is 2.18. The predicted molar refractivity (Wildman–Crippen MR) is 56.2 cm³/mol. The largest absolute Gasteiger partial charge is 0.378 e. The Balaban J connectivity index is 1.97. The van der Waals surface area contributed by atoms with Crippen LogP contribution in [-0.2, 0) is 18.2 Å². The van der Waals surface area contributed by atoms with E-state index in [4.69, 9.17) is 10.5 Å². The summed E-state index contributed by atoms with van der Waals surface area (Å²) in [5.74, 6) is 1.39. The van der Waals surface area contributed by atoms with Gasteiger partial charge in [-0.2, -0.15) is 5.10 Å². The fourth-order valence-corrected chi connectivity index (χ4v) is 2.18. The first-order valence-electron chi connectivity index (χ1n) is 5.38. The summed E-state index contributed by atoms with van der Waals surface area (Å²) < 4.78 is 7.29. The van der Waals surface area contributed by atoms with Crippen LogP contribution in [0.5, 0.6) is 0 Å². The number of aromatic nitrogens is 3. The Hall–Kier alpha value is -0.940. The molecule has 0 spiro atoms. The first-order chi connectivity index (χ1) is 7.18. The lowest BCUT2D eigenvalue weighted by Crippen LogP contribution is -2.36. The monoisotopic (exact) mass is 210 g/mol. The summed E-state index contributed by atoms with van der Waals surface area (Å²) in [5, 5.41) is 4.03. The van der Waals surface area contributed by atoms with Gasteiger partial charge in [0.1, 0.15) is 12.2 Å². The van der Waals surface area contributed by atoms with Crippen LogP contribution in [-0.4, -0.2) is 33.5 Å². The van der Waals surface area contributed by atoms with Crippen molar-refractivity contribution < 1.29 is 4.74 Å². The molecule has 1 aromatic rings. The summed E-state index contributed by atoms with van der Waals surface area (Å²) in [6, 6.07) is 0.116. The third-order valence-corrected chi connectivity index (χ3v) is 3.21. The zero-order valence-corrected chi connectivity index (χ0v) is 9.26. The Bertz CT molecular complexity index is 325. The molecule has 84 valence electrons. The van der Waals surface area contributed by atoms with Gasteiger partial charge in [-0.3, -0.25) is 4.68 Å². The van der Waals surface area contributed by atoms with Crippen molar-refractivity contribution in [3.8, 4) is 0 Å². The van der Waals surface area contributed by atoms with Crippen LogP contribution in [0.1, 0.15) is 19.2 Å². The average Bonchev–Trinajstić information content (AvgIpc) is 2.76. The lowest BCUT2D eigenvalue weighted by Gasteiger charge is -2.21. The number of rotatable bonds is 3. The van der Waals surface area contributed by atoms with Crippen LogP contribution in [0.25, 0.3) is 0 Å². The van der Waals surface area contributed by atoms with Crippen LogP contribution in [0.4, 0.5) is 0 Å². The molecule has 1 aliphatic rings. The van der Waals surface area contributed by atoms with Crippen molar-refractivity contribution in [1.82, 2.24) is 14.8 Å². The number of hydrogen-bond acceptors (Lipinski definition) is 4. The molecule has 0 aromatic carbocycles. The number of nitrogens with zero attached hydrogens (tertiary/aromatic N) is 3. The minimum Gasteiger partial charge on any atom is -0.378 e. The van der Waals surface area contributed by atoms with Gasteiger partial charge in [-0.15, -0.1) is 0 Å². The maximum absolute atomic E-state index is 6.17. The highest BCUT2D eigenvalue weighted by Gasteiger charge is 2.30. The van der Waals surface area contributed by atoms with Gasteiger partial charge in [-0.1, -0.05) is 0 Å². The molecule has 2 N–H and O–H groups in total. The van der Waals surface area contributed by atoms with E-state index in [9.17, 15) is 0 Å². The SMILES string of the molecule is CC1OCCC1C(N)Cc1ncnn1C. The average molecular weight is 210 g/mol. The molecule has 1 fully saturated rings. The van der Waals surface area contributed by atoms with Crippen LogP contribution in [0.3, 0.4) is 0 Å². The lowest BCUT2D eigenvalue weighted by atomic mass is 9.92. The van der Waals surface area contributed by atoms with E-state index >= 15 is 0 Å². The van der Waals surface area contributed by atoms with Crippen LogP contribution in [0.2, 0.25) is 0 Å². The van der Waals surface area contributed by atoms with E-state index < -0.39 is 0 Å². The molecule has 1 aromatic heterocycles. The maximum Gasteiger partial charge on any atom is 0.138 e. The Labute approximate surface area is 89.6 Å². The minimum atomic E-state index is 0.116. The van der Waals surface area contributed by atoms with Crippen molar-refractivity contribution in [3.05, 3.63) is 12.2 Å². The summed E-state index contributed by atoms with van der Waals surface area (Å²) in [4.78, 5) is 4.18. The van der Waals surface area contributed by atoms with Gasteiger partial charge >= 0.3 is 0 Å². The Morgan fingerprint density at radius 3 is 3.07 bits per heavy atom. The molecule has 5 nitrogen and oxygen atoms in total. The van der Waals surface area contributed by atoms with Gasteiger partial charge in [0.15, 0.2) is 0 Å². The second kappa shape index (κ2) is 4.28. The molecule has 2 rings (SSSR count). The lowest BCUT2D eigenvalue weighted by molar-refractivity contribution is 0.0992. The highest BCUT2D eigenvalue weighted by molar-refractivity contribution is 4.92. The minimum absolute atomic E-state index is 0.116. The van der Waals surface area contributed by atoms with E-state index in [0.717, 1.165) is 25.3 Å². The van der Waals surface area contributed by atoms with E-state index in [1.807, 2.05) is 7.05 Å². The highest BCUT2D eigenvalue weighted by atomic mass is 16.5. The molecule has 0 radical (unpaired) electrons. The quantitative estimate of drug-likeness (QED) is 0.769. The van der Waals surface area contributed by atoms with E-state index in [0.29, 0.717) is 5.92 Å². The first-order valence-corrected chi connectivity index (χ1v) is 5.38. The van der Waals surface area contributed by atoms with E-state index in [2.05, 4.69) is 17.0 Å². The van der Waals surface area contributed by atoms with Crippen molar-refractivity contribution in [2.75, 3.05) is 6.61 Å². The normalized spacial score (nSPS) is 28.2. The van der Waals surface area contributed by atoms with Crippen LogP contribution < -0.4 is 5.73 Å². The highest BCUT2D eigenvalue weighted by Crippen LogP contribution is 2.24. The number of ether oxygens (including phenoxy) is 1. The van der Waals surface area contributed by atoms with Gasteiger partial charge in [0, 0.05) is 32.0 Å². The van der Waals surface area contributed by atoms with Gasteiger partial charge in [0.25, 0.3) is 0 Å². The topological polar surface area (TPSA) is 66.0 Å². The smallest absolute Gasteiger partial charge is 0.138 e. The molecule has 15 heavy (non-hydrogen) atoms. The molecule has 1 saturated heterocycles. The molecular formula is C10H18N4O. The molecule has 0 amide bonds. The summed E-state index contributed by atoms with van der Waals surface area (Å²) in [6.45, 7) is 2.92. The number of aryl methyl sites for hydroxylation is 1. The first kappa shape index (κ1) is 10.6. The Morgan fingerprint density at radius 1 is 1.73 bits per heavy atom.